The lowest BCUT2D eigenvalue weighted by atomic mass is 10.1. The molecule has 0 aliphatic carbocycles. The fourth-order valence-corrected chi connectivity index (χ4v) is 1.87. The predicted octanol–water partition coefficient (Wildman–Crippen LogP) is 0.476. The first-order chi connectivity index (χ1) is 10.6. The summed E-state index contributed by atoms with van der Waals surface area (Å²) in [6.07, 6.45) is 3.14. The first-order valence-electron chi connectivity index (χ1n) is 6.73. The number of likely N-dealkylation sites (N-methyl/N-ethyl adjacent to an activating group) is 1. The fraction of sp³-hybridized carbons (Fsp3) is 0.200. The number of hydrogen-bond acceptors (Lipinski definition) is 5. The summed E-state index contributed by atoms with van der Waals surface area (Å²) in [5.74, 6) is -0.664. The lowest BCUT2D eigenvalue weighted by Gasteiger charge is -2.11. The van der Waals surface area contributed by atoms with Crippen molar-refractivity contribution < 1.29 is 9.59 Å². The van der Waals surface area contributed by atoms with Gasteiger partial charge in [-0.25, -0.2) is 4.98 Å². The highest BCUT2D eigenvalue weighted by molar-refractivity contribution is 5.90. The number of para-hydroxylation sites is 1. The number of carbonyl (C=O) groups is 2. The van der Waals surface area contributed by atoms with Crippen LogP contribution in [0.5, 0.6) is 0 Å². The Morgan fingerprint density at radius 2 is 1.95 bits per heavy atom. The second-order valence-corrected chi connectivity index (χ2v) is 4.62. The van der Waals surface area contributed by atoms with Gasteiger partial charge in [0.05, 0.1) is 31.1 Å². The summed E-state index contributed by atoms with van der Waals surface area (Å²) in [6, 6.07) is 7.55. The molecule has 0 saturated carbocycles. The van der Waals surface area contributed by atoms with Crippen LogP contribution in [0, 0.1) is 0 Å². The molecule has 0 unspecified atom stereocenters. The molecule has 0 atom stereocenters. The Balaban J connectivity index is 2.05. The van der Waals surface area contributed by atoms with Crippen molar-refractivity contribution in [2.75, 3.05) is 12.4 Å². The quantitative estimate of drug-likeness (QED) is 0.718. The van der Waals surface area contributed by atoms with Crippen LogP contribution in [0.25, 0.3) is 0 Å². The number of benzene rings is 1. The van der Waals surface area contributed by atoms with E-state index >= 15 is 0 Å². The van der Waals surface area contributed by atoms with Crippen LogP contribution in [-0.2, 0) is 17.8 Å². The van der Waals surface area contributed by atoms with E-state index in [4.69, 9.17) is 5.73 Å². The number of anilines is 1. The van der Waals surface area contributed by atoms with Gasteiger partial charge >= 0.3 is 0 Å². The Morgan fingerprint density at radius 1 is 1.18 bits per heavy atom. The zero-order chi connectivity index (χ0) is 15.9. The molecule has 2 aromatic rings. The highest BCUT2D eigenvalue weighted by Crippen LogP contribution is 2.16. The molecule has 4 N–H and O–H groups in total. The van der Waals surface area contributed by atoms with Crippen LogP contribution in [0.4, 0.5) is 5.69 Å². The molecule has 22 heavy (non-hydrogen) atoms. The van der Waals surface area contributed by atoms with Crippen molar-refractivity contribution in [1.82, 2.24) is 15.3 Å². The molecule has 1 heterocycles. The first-order valence-corrected chi connectivity index (χ1v) is 6.73. The van der Waals surface area contributed by atoms with Gasteiger partial charge in [0.15, 0.2) is 0 Å². The van der Waals surface area contributed by atoms with Gasteiger partial charge in [0.2, 0.25) is 5.91 Å². The van der Waals surface area contributed by atoms with Crippen molar-refractivity contribution in [3.63, 3.8) is 0 Å². The first kappa shape index (κ1) is 15.4. The largest absolute Gasteiger partial charge is 0.379 e. The van der Waals surface area contributed by atoms with E-state index in [1.165, 1.54) is 12.4 Å². The van der Waals surface area contributed by atoms with E-state index in [0.717, 1.165) is 11.3 Å². The number of carbonyl (C=O) groups excluding carboxylic acids is 2. The molecule has 2 rings (SSSR count). The molecule has 1 aromatic heterocycles. The molecular formula is C15H17N5O2. The Morgan fingerprint density at radius 3 is 2.59 bits per heavy atom. The normalized spacial score (nSPS) is 10.0. The predicted molar refractivity (Wildman–Crippen MR) is 82.1 cm³/mol. The minimum atomic E-state index is -0.608. The molecule has 0 fully saturated rings. The third kappa shape index (κ3) is 4.02. The van der Waals surface area contributed by atoms with Crippen LogP contribution in [0.2, 0.25) is 0 Å². The van der Waals surface area contributed by atoms with Crippen LogP contribution < -0.4 is 16.4 Å². The third-order valence-electron chi connectivity index (χ3n) is 3.06. The Hall–Kier alpha value is -2.96. The molecular weight excluding hydrogens is 282 g/mol. The molecule has 0 aliphatic rings. The molecule has 0 radical (unpaired) electrons. The minimum Gasteiger partial charge on any atom is -0.379 e. The lowest BCUT2D eigenvalue weighted by molar-refractivity contribution is -0.119. The van der Waals surface area contributed by atoms with Gasteiger partial charge in [-0.3, -0.25) is 14.6 Å². The van der Waals surface area contributed by atoms with Crippen LogP contribution in [0.15, 0.2) is 36.7 Å². The van der Waals surface area contributed by atoms with Crippen molar-refractivity contribution in [3.05, 3.63) is 53.6 Å². The second-order valence-electron chi connectivity index (χ2n) is 4.62. The number of hydrogen-bond donors (Lipinski definition) is 3. The number of primary amides is 1. The monoisotopic (exact) mass is 299 g/mol. The molecule has 114 valence electrons. The van der Waals surface area contributed by atoms with Crippen LogP contribution in [0.3, 0.4) is 0 Å². The summed E-state index contributed by atoms with van der Waals surface area (Å²) in [4.78, 5) is 30.5. The zero-order valence-electron chi connectivity index (χ0n) is 12.2. The lowest BCUT2D eigenvalue weighted by Crippen LogP contribution is -2.20. The number of amides is 2. The zero-order valence-corrected chi connectivity index (χ0v) is 12.2. The Bertz CT molecular complexity index is 670. The summed E-state index contributed by atoms with van der Waals surface area (Å²) < 4.78 is 0. The smallest absolute Gasteiger partial charge is 0.268 e. The van der Waals surface area contributed by atoms with Crippen molar-refractivity contribution >= 4 is 17.5 Å². The second kappa shape index (κ2) is 7.16. The SMILES string of the molecule is CNC(=O)Cc1ccccc1NCc1cnc(C(N)=O)cn1. The van der Waals surface area contributed by atoms with Crippen molar-refractivity contribution in [2.45, 2.75) is 13.0 Å². The fourth-order valence-electron chi connectivity index (χ4n) is 1.87. The molecule has 0 aliphatic heterocycles. The van der Waals surface area contributed by atoms with E-state index in [9.17, 15) is 9.59 Å². The number of nitrogens with zero attached hydrogens (tertiary/aromatic N) is 2. The third-order valence-corrected chi connectivity index (χ3v) is 3.06. The van der Waals surface area contributed by atoms with E-state index in [1.54, 1.807) is 7.05 Å². The maximum Gasteiger partial charge on any atom is 0.268 e. The molecule has 7 nitrogen and oxygen atoms in total. The summed E-state index contributed by atoms with van der Waals surface area (Å²) in [5, 5.41) is 5.81. The summed E-state index contributed by atoms with van der Waals surface area (Å²) in [5.41, 5.74) is 7.65. The topological polar surface area (TPSA) is 110 Å². The number of nitrogens with one attached hydrogen (secondary N) is 2. The van der Waals surface area contributed by atoms with Gasteiger partial charge in [0.25, 0.3) is 5.91 Å². The number of rotatable bonds is 6. The number of aromatic nitrogens is 2. The maximum absolute atomic E-state index is 11.5. The summed E-state index contributed by atoms with van der Waals surface area (Å²) in [7, 11) is 1.61. The molecule has 1 aromatic carbocycles. The average molecular weight is 299 g/mol. The standard InChI is InChI=1S/C15H17N5O2/c1-17-14(21)6-10-4-2-3-5-12(10)19-7-11-8-20-13(9-18-11)15(16)22/h2-5,8-9,19H,6-7H2,1H3,(H2,16,22)(H,17,21). The molecule has 2 amide bonds. The summed E-state index contributed by atoms with van der Waals surface area (Å²) in [6.45, 7) is 0.427. The van der Waals surface area contributed by atoms with Crippen molar-refractivity contribution in [1.29, 1.82) is 0 Å². The minimum absolute atomic E-state index is 0.0557. The Labute approximate surface area is 128 Å². The van der Waals surface area contributed by atoms with E-state index in [-0.39, 0.29) is 11.6 Å². The van der Waals surface area contributed by atoms with Gasteiger partial charge in [0.1, 0.15) is 5.69 Å². The van der Waals surface area contributed by atoms with Gasteiger partial charge in [-0.05, 0) is 11.6 Å². The molecule has 0 bridgehead atoms. The van der Waals surface area contributed by atoms with Gasteiger partial charge in [-0.15, -0.1) is 0 Å². The van der Waals surface area contributed by atoms with E-state index in [1.807, 2.05) is 24.3 Å². The van der Waals surface area contributed by atoms with Crippen LogP contribution in [0.1, 0.15) is 21.7 Å². The van der Waals surface area contributed by atoms with E-state index in [2.05, 4.69) is 20.6 Å². The van der Waals surface area contributed by atoms with E-state index in [0.29, 0.717) is 18.7 Å². The average Bonchev–Trinajstić information content (AvgIpc) is 2.54. The van der Waals surface area contributed by atoms with Gasteiger partial charge in [0, 0.05) is 12.7 Å². The number of nitrogens with two attached hydrogens (primary N) is 1. The summed E-state index contributed by atoms with van der Waals surface area (Å²) >= 11 is 0. The molecule has 0 saturated heterocycles. The highest BCUT2D eigenvalue weighted by atomic mass is 16.1. The van der Waals surface area contributed by atoms with Crippen LogP contribution in [-0.4, -0.2) is 28.8 Å². The maximum atomic E-state index is 11.5. The Kier molecular flexibility index (Phi) is 5.02. The van der Waals surface area contributed by atoms with Gasteiger partial charge in [-0.1, -0.05) is 18.2 Å². The van der Waals surface area contributed by atoms with Gasteiger partial charge < -0.3 is 16.4 Å². The van der Waals surface area contributed by atoms with Crippen molar-refractivity contribution in [2.24, 2.45) is 5.73 Å². The van der Waals surface area contributed by atoms with Crippen molar-refractivity contribution in [3.8, 4) is 0 Å². The van der Waals surface area contributed by atoms with Crippen LogP contribution >= 0.6 is 0 Å². The molecule has 7 heteroatoms. The van der Waals surface area contributed by atoms with Gasteiger partial charge in [-0.2, -0.15) is 0 Å². The molecule has 0 spiro atoms. The highest BCUT2D eigenvalue weighted by Gasteiger charge is 2.07. The van der Waals surface area contributed by atoms with E-state index < -0.39 is 5.91 Å².